The molecule has 0 amide bonds. The average Bonchev–Trinajstić information content (AvgIpc) is 2.30. The van der Waals surface area contributed by atoms with Gasteiger partial charge in [0.05, 0.1) is 6.04 Å². The van der Waals surface area contributed by atoms with E-state index in [1.807, 2.05) is 12.1 Å². The molecule has 0 spiro atoms. The first-order valence-corrected chi connectivity index (χ1v) is 6.28. The predicted molar refractivity (Wildman–Crippen MR) is 68.4 cm³/mol. The van der Waals surface area contributed by atoms with Crippen LogP contribution in [0.5, 0.6) is 0 Å². The zero-order valence-corrected chi connectivity index (χ0v) is 10.8. The fraction of sp³-hybridized carbons (Fsp3) is 0.571. The van der Waals surface area contributed by atoms with Gasteiger partial charge in [-0.15, -0.1) is 0 Å². The Balaban J connectivity index is 2.24. The second-order valence-corrected chi connectivity index (χ2v) is 5.17. The van der Waals surface area contributed by atoms with Crippen molar-refractivity contribution in [3.63, 3.8) is 0 Å². The maximum absolute atomic E-state index is 13.8. The zero-order chi connectivity index (χ0) is 12.4. The number of likely N-dealkylation sites (N-methyl/N-ethyl adjacent to an activating group) is 1. The summed E-state index contributed by atoms with van der Waals surface area (Å²) in [5.41, 5.74) is 0.799. The van der Waals surface area contributed by atoms with Gasteiger partial charge >= 0.3 is 0 Å². The van der Waals surface area contributed by atoms with Gasteiger partial charge < -0.3 is 5.32 Å². The molecule has 1 aromatic rings. The quantitative estimate of drug-likeness (QED) is 0.848. The summed E-state index contributed by atoms with van der Waals surface area (Å²) in [6.45, 7) is 6.24. The first-order chi connectivity index (χ1) is 8.11. The van der Waals surface area contributed by atoms with Crippen LogP contribution in [0.2, 0.25) is 0 Å². The van der Waals surface area contributed by atoms with Crippen LogP contribution in [0.3, 0.4) is 0 Å². The van der Waals surface area contributed by atoms with Crippen molar-refractivity contribution in [2.24, 2.45) is 5.92 Å². The highest BCUT2D eigenvalue weighted by molar-refractivity contribution is 5.22. The van der Waals surface area contributed by atoms with Crippen LogP contribution in [0.25, 0.3) is 0 Å². The summed E-state index contributed by atoms with van der Waals surface area (Å²) >= 11 is 0. The fourth-order valence-corrected chi connectivity index (χ4v) is 2.67. The molecular weight excluding hydrogens is 215 g/mol. The maximum Gasteiger partial charge on any atom is 0.128 e. The van der Waals surface area contributed by atoms with Gasteiger partial charge in [-0.05, 0) is 19.0 Å². The van der Waals surface area contributed by atoms with E-state index in [0.29, 0.717) is 12.0 Å². The number of hydrogen-bond acceptors (Lipinski definition) is 2. The topological polar surface area (TPSA) is 15.3 Å². The predicted octanol–water partition coefficient (Wildman–Crippen LogP) is 2.43. The Kier molecular flexibility index (Phi) is 3.79. The molecule has 1 aliphatic rings. The maximum atomic E-state index is 13.8. The van der Waals surface area contributed by atoms with E-state index in [1.165, 1.54) is 0 Å². The number of halogens is 1. The molecule has 3 heteroatoms. The lowest BCUT2D eigenvalue weighted by Gasteiger charge is -2.42. The van der Waals surface area contributed by atoms with Crippen molar-refractivity contribution < 1.29 is 4.39 Å². The smallest absolute Gasteiger partial charge is 0.128 e. The lowest BCUT2D eigenvalue weighted by atomic mass is 9.95. The van der Waals surface area contributed by atoms with Crippen LogP contribution in [0, 0.1) is 11.7 Å². The molecule has 1 aromatic carbocycles. The van der Waals surface area contributed by atoms with Crippen molar-refractivity contribution in [2.75, 3.05) is 20.1 Å². The van der Waals surface area contributed by atoms with Crippen molar-refractivity contribution in [2.45, 2.75) is 25.9 Å². The minimum atomic E-state index is -0.101. The second kappa shape index (κ2) is 5.15. The van der Waals surface area contributed by atoms with Gasteiger partial charge in [-0.1, -0.05) is 32.0 Å². The summed E-state index contributed by atoms with van der Waals surface area (Å²) in [4.78, 5) is 2.31. The minimum Gasteiger partial charge on any atom is -0.313 e. The van der Waals surface area contributed by atoms with Gasteiger partial charge in [-0.2, -0.15) is 0 Å². The van der Waals surface area contributed by atoms with Crippen LogP contribution in [-0.2, 0) is 0 Å². The first kappa shape index (κ1) is 12.5. The van der Waals surface area contributed by atoms with E-state index in [2.05, 4.69) is 31.1 Å². The summed E-state index contributed by atoms with van der Waals surface area (Å²) in [7, 11) is 2.10. The molecule has 1 N–H and O–H groups in total. The highest BCUT2D eigenvalue weighted by Gasteiger charge is 2.31. The molecule has 2 rings (SSSR count). The van der Waals surface area contributed by atoms with Crippen LogP contribution in [0.1, 0.15) is 25.5 Å². The van der Waals surface area contributed by atoms with E-state index in [9.17, 15) is 4.39 Å². The standard InChI is InChI=1S/C14H21FN2/c1-10(2)13-8-16-9-14(17(13)3)11-6-4-5-7-12(11)15/h4-7,10,13-14,16H,8-9H2,1-3H3/t13-,14?/m1/s1. The molecule has 0 aromatic heterocycles. The molecule has 1 saturated heterocycles. The molecule has 17 heavy (non-hydrogen) atoms. The van der Waals surface area contributed by atoms with Crippen molar-refractivity contribution in [3.8, 4) is 0 Å². The van der Waals surface area contributed by atoms with E-state index in [0.717, 1.165) is 18.7 Å². The summed E-state index contributed by atoms with van der Waals surface area (Å²) in [6, 6.07) is 7.69. The zero-order valence-electron chi connectivity index (χ0n) is 10.8. The Labute approximate surface area is 103 Å². The lowest BCUT2D eigenvalue weighted by molar-refractivity contribution is 0.0958. The number of nitrogens with one attached hydrogen (secondary N) is 1. The molecular formula is C14H21FN2. The summed E-state index contributed by atoms with van der Waals surface area (Å²) in [5, 5.41) is 3.41. The Bertz CT molecular complexity index is 378. The Morgan fingerprint density at radius 3 is 2.65 bits per heavy atom. The van der Waals surface area contributed by atoms with Crippen LogP contribution in [0.15, 0.2) is 24.3 Å². The Hall–Kier alpha value is -0.930. The third-order valence-corrected chi connectivity index (χ3v) is 3.74. The molecule has 1 fully saturated rings. The summed E-state index contributed by atoms with van der Waals surface area (Å²) in [5.74, 6) is 0.470. The number of nitrogens with zero attached hydrogens (tertiary/aromatic N) is 1. The van der Waals surface area contributed by atoms with E-state index in [1.54, 1.807) is 12.1 Å². The molecule has 0 saturated carbocycles. The number of hydrogen-bond donors (Lipinski definition) is 1. The van der Waals surface area contributed by atoms with Gasteiger partial charge in [-0.25, -0.2) is 4.39 Å². The van der Waals surface area contributed by atoms with Crippen molar-refractivity contribution in [3.05, 3.63) is 35.6 Å². The van der Waals surface area contributed by atoms with E-state index in [4.69, 9.17) is 0 Å². The van der Waals surface area contributed by atoms with Gasteiger partial charge in [0, 0.05) is 24.7 Å². The SMILES string of the molecule is CC(C)[C@H]1CNCC(c2ccccc2F)N1C. The van der Waals surface area contributed by atoms with Gasteiger partial charge in [0.1, 0.15) is 5.82 Å². The van der Waals surface area contributed by atoms with Crippen LogP contribution >= 0.6 is 0 Å². The van der Waals surface area contributed by atoms with Crippen molar-refractivity contribution in [1.29, 1.82) is 0 Å². The van der Waals surface area contributed by atoms with Gasteiger partial charge in [0.25, 0.3) is 0 Å². The lowest BCUT2D eigenvalue weighted by Crippen LogP contribution is -2.53. The Morgan fingerprint density at radius 2 is 2.00 bits per heavy atom. The van der Waals surface area contributed by atoms with E-state index in [-0.39, 0.29) is 11.9 Å². The second-order valence-electron chi connectivity index (χ2n) is 5.17. The molecule has 94 valence electrons. The number of rotatable bonds is 2. The molecule has 0 bridgehead atoms. The highest BCUT2D eigenvalue weighted by Crippen LogP contribution is 2.27. The van der Waals surface area contributed by atoms with Crippen molar-refractivity contribution in [1.82, 2.24) is 10.2 Å². The van der Waals surface area contributed by atoms with E-state index >= 15 is 0 Å². The third-order valence-electron chi connectivity index (χ3n) is 3.74. The van der Waals surface area contributed by atoms with Crippen LogP contribution < -0.4 is 5.32 Å². The molecule has 1 heterocycles. The molecule has 0 aliphatic carbocycles. The normalized spacial score (nSPS) is 26.4. The summed E-state index contributed by atoms with van der Waals surface area (Å²) in [6.07, 6.45) is 0. The largest absolute Gasteiger partial charge is 0.313 e. The Morgan fingerprint density at radius 1 is 1.29 bits per heavy atom. The summed E-state index contributed by atoms with van der Waals surface area (Å²) < 4.78 is 13.8. The van der Waals surface area contributed by atoms with Crippen LogP contribution in [-0.4, -0.2) is 31.1 Å². The number of piperazine rings is 1. The average molecular weight is 236 g/mol. The van der Waals surface area contributed by atoms with Crippen molar-refractivity contribution >= 4 is 0 Å². The van der Waals surface area contributed by atoms with Gasteiger partial charge in [-0.3, -0.25) is 4.90 Å². The molecule has 2 nitrogen and oxygen atoms in total. The number of benzene rings is 1. The molecule has 1 unspecified atom stereocenters. The van der Waals surface area contributed by atoms with Gasteiger partial charge in [0.15, 0.2) is 0 Å². The highest BCUT2D eigenvalue weighted by atomic mass is 19.1. The molecule has 0 radical (unpaired) electrons. The van der Waals surface area contributed by atoms with E-state index < -0.39 is 0 Å². The monoisotopic (exact) mass is 236 g/mol. The fourth-order valence-electron chi connectivity index (χ4n) is 2.67. The first-order valence-electron chi connectivity index (χ1n) is 6.28. The third kappa shape index (κ3) is 2.50. The molecule has 1 aliphatic heterocycles. The molecule has 2 atom stereocenters. The van der Waals surface area contributed by atoms with Gasteiger partial charge in [0.2, 0.25) is 0 Å². The minimum absolute atomic E-state index is 0.101. The van der Waals surface area contributed by atoms with Crippen LogP contribution in [0.4, 0.5) is 4.39 Å².